The molecule has 1 aromatic carbocycles. The fourth-order valence-corrected chi connectivity index (χ4v) is 2.84. The largest absolute Gasteiger partial charge is 0.379 e. The summed E-state index contributed by atoms with van der Waals surface area (Å²) in [6.07, 6.45) is 0. The SMILES string of the molecule is Cc1cc([N+](=O)[O-])cc2c1NC(=O)[C@]2(O)N1CCOCC1. The lowest BCUT2D eigenvalue weighted by Crippen LogP contribution is -2.55. The predicted molar refractivity (Wildman–Crippen MR) is 72.8 cm³/mol. The first-order valence-electron chi connectivity index (χ1n) is 6.60. The van der Waals surface area contributed by atoms with Gasteiger partial charge in [0.05, 0.1) is 23.8 Å². The lowest BCUT2D eigenvalue weighted by atomic mass is 9.99. The number of ether oxygens (including phenoxy) is 1. The normalized spacial score (nSPS) is 25.5. The molecule has 8 nitrogen and oxygen atoms in total. The molecule has 2 aliphatic heterocycles. The summed E-state index contributed by atoms with van der Waals surface area (Å²) in [5, 5.41) is 24.5. The van der Waals surface area contributed by atoms with Crippen molar-refractivity contribution >= 4 is 17.3 Å². The monoisotopic (exact) mass is 293 g/mol. The van der Waals surface area contributed by atoms with Crippen molar-refractivity contribution in [3.63, 3.8) is 0 Å². The zero-order chi connectivity index (χ0) is 15.2. The number of amides is 1. The Labute approximate surface area is 120 Å². The first kappa shape index (κ1) is 13.9. The molecule has 21 heavy (non-hydrogen) atoms. The number of aryl methyl sites for hydroxylation is 1. The Morgan fingerprint density at radius 2 is 2.10 bits per heavy atom. The molecule has 0 radical (unpaired) electrons. The lowest BCUT2D eigenvalue weighted by Gasteiger charge is -2.37. The van der Waals surface area contributed by atoms with E-state index in [-0.39, 0.29) is 11.3 Å². The van der Waals surface area contributed by atoms with Gasteiger partial charge >= 0.3 is 0 Å². The van der Waals surface area contributed by atoms with E-state index in [1.54, 1.807) is 11.8 Å². The van der Waals surface area contributed by atoms with Crippen molar-refractivity contribution in [1.82, 2.24) is 4.90 Å². The highest BCUT2D eigenvalue weighted by Gasteiger charge is 2.51. The van der Waals surface area contributed by atoms with Gasteiger partial charge < -0.3 is 15.2 Å². The number of nitrogens with one attached hydrogen (secondary N) is 1. The number of rotatable bonds is 2. The maximum atomic E-state index is 12.3. The number of fused-ring (bicyclic) bond motifs is 1. The quantitative estimate of drug-likeness (QED) is 0.601. The van der Waals surface area contributed by atoms with E-state index < -0.39 is 16.6 Å². The molecule has 1 saturated heterocycles. The Balaban J connectivity index is 2.13. The van der Waals surface area contributed by atoms with Crippen LogP contribution in [0.3, 0.4) is 0 Å². The summed E-state index contributed by atoms with van der Waals surface area (Å²) in [4.78, 5) is 24.3. The summed E-state index contributed by atoms with van der Waals surface area (Å²) in [6.45, 7) is 3.23. The molecule has 0 saturated carbocycles. The van der Waals surface area contributed by atoms with Crippen molar-refractivity contribution in [3.8, 4) is 0 Å². The van der Waals surface area contributed by atoms with Crippen LogP contribution in [0, 0.1) is 17.0 Å². The van der Waals surface area contributed by atoms with Crippen molar-refractivity contribution in [3.05, 3.63) is 33.4 Å². The number of hydrogen-bond donors (Lipinski definition) is 2. The van der Waals surface area contributed by atoms with Gasteiger partial charge in [-0.1, -0.05) is 0 Å². The minimum Gasteiger partial charge on any atom is -0.379 e. The van der Waals surface area contributed by atoms with E-state index in [1.807, 2.05) is 0 Å². The van der Waals surface area contributed by atoms with Gasteiger partial charge in [-0.2, -0.15) is 0 Å². The summed E-state index contributed by atoms with van der Waals surface area (Å²) in [5.74, 6) is -0.581. The van der Waals surface area contributed by atoms with E-state index in [4.69, 9.17) is 4.74 Å². The van der Waals surface area contributed by atoms with Crippen LogP contribution in [0.2, 0.25) is 0 Å². The molecule has 2 heterocycles. The Bertz CT molecular complexity index is 626. The first-order valence-corrected chi connectivity index (χ1v) is 6.60. The number of anilines is 1. The molecule has 8 heteroatoms. The van der Waals surface area contributed by atoms with Crippen molar-refractivity contribution < 1.29 is 19.6 Å². The summed E-state index contributed by atoms with van der Waals surface area (Å²) < 4.78 is 5.22. The fraction of sp³-hybridized carbons (Fsp3) is 0.462. The van der Waals surface area contributed by atoms with E-state index in [0.29, 0.717) is 37.6 Å². The highest BCUT2D eigenvalue weighted by molar-refractivity contribution is 6.05. The highest BCUT2D eigenvalue weighted by Crippen LogP contribution is 2.42. The van der Waals surface area contributed by atoms with Gasteiger partial charge in [-0.3, -0.25) is 19.8 Å². The summed E-state index contributed by atoms with van der Waals surface area (Å²) in [6, 6.07) is 2.64. The average molecular weight is 293 g/mol. The second-order valence-electron chi connectivity index (χ2n) is 5.17. The molecule has 112 valence electrons. The number of carbonyl (C=O) groups is 1. The maximum absolute atomic E-state index is 12.3. The molecule has 1 aromatic rings. The second-order valence-corrected chi connectivity index (χ2v) is 5.17. The average Bonchev–Trinajstić information content (AvgIpc) is 2.74. The lowest BCUT2D eigenvalue weighted by molar-refractivity contribution is -0.385. The van der Waals surface area contributed by atoms with Gasteiger partial charge in [-0.25, -0.2) is 0 Å². The highest BCUT2D eigenvalue weighted by atomic mass is 16.6. The Morgan fingerprint density at radius 3 is 2.71 bits per heavy atom. The van der Waals surface area contributed by atoms with E-state index in [2.05, 4.69) is 5.32 Å². The number of nitro benzene ring substituents is 1. The van der Waals surface area contributed by atoms with Crippen LogP contribution in [-0.2, 0) is 15.3 Å². The molecule has 3 rings (SSSR count). The molecule has 2 N–H and O–H groups in total. The molecule has 0 aromatic heterocycles. The van der Waals surface area contributed by atoms with Crippen LogP contribution in [-0.4, -0.2) is 47.1 Å². The number of non-ortho nitro benzene ring substituents is 1. The van der Waals surface area contributed by atoms with Crippen LogP contribution >= 0.6 is 0 Å². The smallest absolute Gasteiger partial charge is 0.276 e. The number of carbonyl (C=O) groups excluding carboxylic acids is 1. The van der Waals surface area contributed by atoms with Crippen molar-refractivity contribution in [2.75, 3.05) is 31.6 Å². The number of morpholine rings is 1. The van der Waals surface area contributed by atoms with Crippen LogP contribution in [0.4, 0.5) is 11.4 Å². The second kappa shape index (κ2) is 4.76. The van der Waals surface area contributed by atoms with Crippen LogP contribution in [0.25, 0.3) is 0 Å². The molecule has 0 bridgehead atoms. The third-order valence-electron chi connectivity index (χ3n) is 3.93. The Kier molecular flexibility index (Phi) is 3.16. The van der Waals surface area contributed by atoms with Crippen molar-refractivity contribution in [2.45, 2.75) is 12.6 Å². The summed E-state index contributed by atoms with van der Waals surface area (Å²) in [5.41, 5.74) is -0.789. The molecule has 0 aliphatic carbocycles. The number of nitrogens with zero attached hydrogens (tertiary/aromatic N) is 2. The molecular weight excluding hydrogens is 278 g/mol. The molecule has 1 atom stereocenters. The fourth-order valence-electron chi connectivity index (χ4n) is 2.84. The van der Waals surface area contributed by atoms with E-state index in [9.17, 15) is 20.0 Å². The zero-order valence-electron chi connectivity index (χ0n) is 11.5. The summed E-state index contributed by atoms with van der Waals surface area (Å²) in [7, 11) is 0. The van der Waals surface area contributed by atoms with E-state index in [1.165, 1.54) is 12.1 Å². The zero-order valence-corrected chi connectivity index (χ0v) is 11.5. The van der Waals surface area contributed by atoms with Crippen LogP contribution in [0.15, 0.2) is 12.1 Å². The van der Waals surface area contributed by atoms with Gasteiger partial charge in [-0.05, 0) is 12.5 Å². The minimum absolute atomic E-state index is 0.144. The first-order chi connectivity index (χ1) is 9.94. The van der Waals surface area contributed by atoms with Gasteiger partial charge in [-0.15, -0.1) is 0 Å². The van der Waals surface area contributed by atoms with Crippen molar-refractivity contribution in [1.29, 1.82) is 0 Å². The third-order valence-corrected chi connectivity index (χ3v) is 3.93. The number of aliphatic hydroxyl groups is 1. The number of hydrogen-bond acceptors (Lipinski definition) is 6. The van der Waals surface area contributed by atoms with Gasteiger partial charge in [0.15, 0.2) is 0 Å². The third kappa shape index (κ3) is 1.99. The maximum Gasteiger partial charge on any atom is 0.276 e. The predicted octanol–water partition coefficient (Wildman–Crippen LogP) is 0.333. The van der Waals surface area contributed by atoms with Crippen molar-refractivity contribution in [2.24, 2.45) is 0 Å². The van der Waals surface area contributed by atoms with Gasteiger partial charge in [0.2, 0.25) is 5.72 Å². The Hall–Kier alpha value is -2.03. The van der Waals surface area contributed by atoms with Crippen LogP contribution in [0.5, 0.6) is 0 Å². The Morgan fingerprint density at radius 1 is 1.43 bits per heavy atom. The minimum atomic E-state index is -1.88. The van der Waals surface area contributed by atoms with Gasteiger partial charge in [0, 0.05) is 30.8 Å². The number of nitro groups is 1. The molecule has 0 spiro atoms. The van der Waals surface area contributed by atoms with Crippen LogP contribution < -0.4 is 5.32 Å². The molecule has 2 aliphatic rings. The molecular formula is C13H15N3O5. The van der Waals surface area contributed by atoms with Gasteiger partial charge in [0.1, 0.15) is 0 Å². The topological polar surface area (TPSA) is 105 Å². The van der Waals surface area contributed by atoms with Crippen LogP contribution in [0.1, 0.15) is 11.1 Å². The van der Waals surface area contributed by atoms with E-state index in [0.717, 1.165) is 0 Å². The van der Waals surface area contributed by atoms with E-state index >= 15 is 0 Å². The van der Waals surface area contributed by atoms with Gasteiger partial charge in [0.25, 0.3) is 11.6 Å². The standard InChI is InChI=1S/C13H15N3O5/c1-8-6-9(16(19)20)7-10-11(8)14-12(17)13(10,18)15-2-4-21-5-3-15/h6-7,18H,2-5H2,1H3,(H,14,17)/t13-/m0/s1. The summed E-state index contributed by atoms with van der Waals surface area (Å²) >= 11 is 0. The molecule has 0 unspecified atom stereocenters. The molecule has 1 fully saturated rings. The number of benzene rings is 1. The molecule has 1 amide bonds.